The molecule has 0 fully saturated rings. The van der Waals surface area contributed by atoms with Gasteiger partial charge in [-0.15, -0.1) is 0 Å². The number of hydrogen-bond donors (Lipinski definition) is 0. The van der Waals surface area contributed by atoms with Gasteiger partial charge in [0.2, 0.25) is 2.14 Å². The lowest BCUT2D eigenvalue weighted by molar-refractivity contribution is -0.127. The number of hydrogen-bond acceptors (Lipinski definition) is 2. The third kappa shape index (κ3) is 5.35. The average Bonchev–Trinajstić information content (AvgIpc) is 2.57. The van der Waals surface area contributed by atoms with E-state index >= 15 is 0 Å². The summed E-state index contributed by atoms with van der Waals surface area (Å²) in [7, 11) is 0. The summed E-state index contributed by atoms with van der Waals surface area (Å²) in [6.45, 7) is 0. The maximum absolute atomic E-state index is 6.45. The lowest BCUT2D eigenvalue weighted by Crippen LogP contribution is -2.53. The second kappa shape index (κ2) is 9.81. The molecule has 2 rings (SSSR count). The summed E-state index contributed by atoms with van der Waals surface area (Å²) in [5.74, 6) is 0.611. The predicted octanol–water partition coefficient (Wildman–Crippen LogP) is 9.84. The van der Waals surface area contributed by atoms with E-state index in [1.54, 1.807) is 0 Å². The highest BCUT2D eigenvalue weighted by Gasteiger charge is 2.58. The SMILES string of the molecule is BrC1=C(Br)C(Br)C(Br)(OC(Br)(Oc2ccccc2)C(Br)(Br)Br)C(Br)=C1Br. The highest BCUT2D eigenvalue weighted by molar-refractivity contribution is 9.40. The van der Waals surface area contributed by atoms with Crippen molar-refractivity contribution in [2.24, 2.45) is 0 Å². The van der Waals surface area contributed by atoms with Gasteiger partial charge in [0.15, 0.2) is 4.51 Å². The molecule has 0 saturated heterocycles. The van der Waals surface area contributed by atoms with E-state index in [9.17, 15) is 0 Å². The minimum absolute atomic E-state index is 0.286. The zero-order valence-corrected chi connectivity index (χ0v) is 27.9. The van der Waals surface area contributed by atoms with Crippen LogP contribution in [0.15, 0.2) is 48.3 Å². The van der Waals surface area contributed by atoms with Gasteiger partial charge in [-0.25, -0.2) is 0 Å². The molecule has 0 bridgehead atoms. The molecule has 12 heteroatoms. The fourth-order valence-electron chi connectivity index (χ4n) is 1.80. The van der Waals surface area contributed by atoms with Gasteiger partial charge in [0.25, 0.3) is 0 Å². The van der Waals surface area contributed by atoms with E-state index < -0.39 is 11.3 Å². The van der Waals surface area contributed by atoms with Gasteiger partial charge >= 0.3 is 4.70 Å². The van der Waals surface area contributed by atoms with E-state index in [0.29, 0.717) is 5.75 Å². The smallest absolute Gasteiger partial charge is 0.305 e. The Kier molecular flexibility index (Phi) is 9.63. The Labute approximate surface area is 235 Å². The van der Waals surface area contributed by atoms with Gasteiger partial charge in [-0.3, -0.25) is 0 Å². The highest BCUT2D eigenvalue weighted by Crippen LogP contribution is 2.59. The summed E-state index contributed by atoms with van der Waals surface area (Å²) < 4.78 is 12.4. The van der Waals surface area contributed by atoms with Gasteiger partial charge in [0.1, 0.15) is 5.75 Å². The Morgan fingerprint density at radius 1 is 0.885 bits per heavy atom. The molecule has 0 heterocycles. The lowest BCUT2D eigenvalue weighted by Gasteiger charge is -2.44. The Hall–Kier alpha value is 3.26. The van der Waals surface area contributed by atoms with E-state index in [2.05, 4.69) is 159 Å². The van der Waals surface area contributed by atoms with Crippen LogP contribution in [0.25, 0.3) is 0 Å². The van der Waals surface area contributed by atoms with Crippen LogP contribution in [0.5, 0.6) is 5.75 Å². The number of para-hydroxylation sites is 1. The highest BCUT2D eigenvalue weighted by atomic mass is 80.0. The van der Waals surface area contributed by atoms with Crippen LogP contribution in [0.1, 0.15) is 0 Å². The van der Waals surface area contributed by atoms with Crippen molar-refractivity contribution in [2.45, 2.75) is 16.2 Å². The Morgan fingerprint density at radius 2 is 1.42 bits per heavy atom. The molecule has 3 atom stereocenters. The first-order valence-corrected chi connectivity index (χ1v) is 14.5. The normalized spacial score (nSPS) is 26.8. The first kappa shape index (κ1) is 25.5. The molecule has 0 amide bonds. The summed E-state index contributed by atoms with van der Waals surface area (Å²) >= 11 is 35.8. The molecule has 0 radical (unpaired) electrons. The molecule has 144 valence electrons. The monoisotopic (exact) mass is 995 g/mol. The standard InChI is InChI=1S/C14H6Br10O2/c15-7-8(16)10(18)12(20,11(19)9(7)17)26-14(24,13(21,22)23)25-6-4-2-1-3-5-6/h1-5,10H. The molecule has 3 unspecified atom stereocenters. The van der Waals surface area contributed by atoms with E-state index in [1.807, 2.05) is 30.3 Å². The lowest BCUT2D eigenvalue weighted by atomic mass is 10.1. The van der Waals surface area contributed by atoms with Crippen LogP contribution >= 0.6 is 159 Å². The van der Waals surface area contributed by atoms with Gasteiger partial charge < -0.3 is 9.47 Å². The van der Waals surface area contributed by atoms with Crippen LogP contribution in [0.2, 0.25) is 0 Å². The van der Waals surface area contributed by atoms with Crippen molar-refractivity contribution in [3.63, 3.8) is 0 Å². The van der Waals surface area contributed by atoms with Gasteiger partial charge in [0, 0.05) is 13.4 Å². The molecule has 0 N–H and O–H groups in total. The van der Waals surface area contributed by atoms with Crippen LogP contribution in [0, 0.1) is 0 Å². The second-order valence-corrected chi connectivity index (χ2v) is 18.0. The molecule has 1 aromatic carbocycles. The third-order valence-electron chi connectivity index (χ3n) is 3.05. The van der Waals surface area contributed by atoms with Crippen molar-refractivity contribution >= 4 is 159 Å². The van der Waals surface area contributed by atoms with Gasteiger partial charge in [-0.2, -0.15) is 0 Å². The summed E-state index contributed by atoms with van der Waals surface area (Å²) in [6.07, 6.45) is 0. The van der Waals surface area contributed by atoms with E-state index in [4.69, 9.17) is 9.47 Å². The van der Waals surface area contributed by atoms with E-state index in [0.717, 1.165) is 17.9 Å². The summed E-state index contributed by atoms with van der Waals surface area (Å²) in [5, 5.41) is 0. The predicted molar refractivity (Wildman–Crippen MR) is 143 cm³/mol. The Balaban J connectivity index is 2.49. The van der Waals surface area contributed by atoms with Crippen molar-refractivity contribution in [2.75, 3.05) is 0 Å². The fourth-order valence-corrected chi connectivity index (χ4v) is 7.84. The number of alkyl halides is 6. The molecule has 0 spiro atoms. The molecular weight excluding hydrogens is 999 g/mol. The number of rotatable bonds is 4. The van der Waals surface area contributed by atoms with Crippen molar-refractivity contribution < 1.29 is 9.47 Å². The molecule has 1 aromatic rings. The summed E-state index contributed by atoms with van der Waals surface area (Å²) in [4.78, 5) is -0.286. The molecule has 1 aliphatic rings. The summed E-state index contributed by atoms with van der Waals surface area (Å²) in [6, 6.07) is 9.33. The van der Waals surface area contributed by atoms with E-state index in [1.165, 1.54) is 0 Å². The zero-order valence-electron chi connectivity index (χ0n) is 12.1. The topological polar surface area (TPSA) is 18.5 Å². The van der Waals surface area contributed by atoms with Gasteiger partial charge in [-0.1, -0.05) is 114 Å². The fraction of sp³-hybridized carbons (Fsp3) is 0.286. The van der Waals surface area contributed by atoms with E-state index in [-0.39, 0.29) is 4.83 Å². The number of benzene rings is 1. The molecule has 2 nitrogen and oxygen atoms in total. The first-order chi connectivity index (χ1) is 11.8. The van der Waals surface area contributed by atoms with Crippen molar-refractivity contribution in [3.8, 4) is 5.75 Å². The van der Waals surface area contributed by atoms with Crippen molar-refractivity contribution in [3.05, 3.63) is 48.3 Å². The molecular formula is C14H6Br10O2. The van der Waals surface area contributed by atoms with Crippen LogP contribution in [-0.2, 0) is 4.74 Å². The molecule has 0 aromatic heterocycles. The van der Waals surface area contributed by atoms with Crippen molar-refractivity contribution in [1.29, 1.82) is 0 Å². The van der Waals surface area contributed by atoms with Gasteiger partial charge in [0.05, 0.1) is 9.31 Å². The minimum Gasteiger partial charge on any atom is -0.449 e. The first-order valence-electron chi connectivity index (χ1n) is 6.47. The van der Waals surface area contributed by atoms with Crippen LogP contribution in [0.3, 0.4) is 0 Å². The maximum atomic E-state index is 6.45. The van der Waals surface area contributed by atoms with Gasteiger partial charge in [-0.05, 0) is 75.9 Å². The molecule has 26 heavy (non-hydrogen) atoms. The third-order valence-corrected chi connectivity index (χ3v) is 16.1. The number of halogens is 10. The largest absolute Gasteiger partial charge is 0.449 e. The Bertz CT molecular complexity index is 744. The van der Waals surface area contributed by atoms with Crippen molar-refractivity contribution in [1.82, 2.24) is 0 Å². The summed E-state index contributed by atoms with van der Waals surface area (Å²) in [5.41, 5.74) is 0. The molecule has 0 saturated carbocycles. The number of ether oxygens (including phenoxy) is 2. The quantitative estimate of drug-likeness (QED) is 0.221. The second-order valence-electron chi connectivity index (χ2n) is 4.85. The van der Waals surface area contributed by atoms with Crippen LogP contribution in [-0.4, -0.2) is 16.2 Å². The van der Waals surface area contributed by atoms with Crippen LogP contribution < -0.4 is 4.74 Å². The molecule has 1 aliphatic carbocycles. The minimum atomic E-state index is -1.37. The zero-order chi connectivity index (χ0) is 19.9. The Morgan fingerprint density at radius 3 is 1.92 bits per heavy atom. The number of allylic oxidation sites excluding steroid dienone is 2. The molecule has 0 aliphatic heterocycles. The average molecular weight is 1010 g/mol. The van der Waals surface area contributed by atoms with Crippen LogP contribution in [0.4, 0.5) is 0 Å². The maximum Gasteiger partial charge on any atom is 0.305 e.